The lowest BCUT2D eigenvalue weighted by atomic mass is 9.99. The van der Waals surface area contributed by atoms with Crippen molar-refractivity contribution in [2.75, 3.05) is 18.0 Å². The van der Waals surface area contributed by atoms with Gasteiger partial charge in [0.1, 0.15) is 4.99 Å². The Bertz CT molecular complexity index is 595. The number of rotatable bonds is 3. The second-order valence-corrected chi connectivity index (χ2v) is 5.55. The van der Waals surface area contributed by atoms with E-state index in [2.05, 4.69) is 46.3 Å². The highest BCUT2D eigenvalue weighted by atomic mass is 32.1. The van der Waals surface area contributed by atoms with Crippen molar-refractivity contribution in [3.8, 4) is 0 Å². The number of hydrogen-bond acceptors (Lipinski definition) is 3. The van der Waals surface area contributed by atoms with E-state index in [1.165, 1.54) is 12.0 Å². The molecule has 1 unspecified atom stereocenters. The van der Waals surface area contributed by atoms with Crippen LogP contribution in [0.1, 0.15) is 23.6 Å². The Labute approximate surface area is 124 Å². The molecule has 102 valence electrons. The molecular formula is C16H17N3S. The summed E-state index contributed by atoms with van der Waals surface area (Å²) in [7, 11) is 0. The maximum absolute atomic E-state index is 5.57. The number of benzene rings is 1. The summed E-state index contributed by atoms with van der Waals surface area (Å²) in [6, 6.07) is 14.6. The van der Waals surface area contributed by atoms with Gasteiger partial charge in [0.05, 0.1) is 17.6 Å². The molecule has 0 spiro atoms. The second-order valence-electron chi connectivity index (χ2n) is 5.11. The van der Waals surface area contributed by atoms with E-state index in [1.54, 1.807) is 0 Å². The molecule has 0 saturated carbocycles. The Morgan fingerprint density at radius 2 is 2.00 bits per heavy atom. The Hall–Kier alpha value is -1.94. The van der Waals surface area contributed by atoms with Crippen LogP contribution in [0.3, 0.4) is 0 Å². The van der Waals surface area contributed by atoms with Gasteiger partial charge >= 0.3 is 0 Å². The van der Waals surface area contributed by atoms with Crippen molar-refractivity contribution in [1.82, 2.24) is 4.98 Å². The molecule has 1 fully saturated rings. The Morgan fingerprint density at radius 3 is 2.65 bits per heavy atom. The summed E-state index contributed by atoms with van der Waals surface area (Å²) in [5.41, 5.74) is 8.81. The summed E-state index contributed by atoms with van der Waals surface area (Å²) in [4.78, 5) is 7.03. The zero-order chi connectivity index (χ0) is 13.9. The van der Waals surface area contributed by atoms with Crippen LogP contribution in [0.5, 0.6) is 0 Å². The predicted octanol–water partition coefficient (Wildman–Crippen LogP) is 2.71. The van der Waals surface area contributed by atoms with E-state index in [4.69, 9.17) is 18.0 Å². The van der Waals surface area contributed by atoms with Crippen molar-refractivity contribution >= 4 is 22.9 Å². The van der Waals surface area contributed by atoms with Gasteiger partial charge in [0.25, 0.3) is 0 Å². The van der Waals surface area contributed by atoms with Crippen LogP contribution < -0.4 is 10.6 Å². The van der Waals surface area contributed by atoms with E-state index < -0.39 is 0 Å². The van der Waals surface area contributed by atoms with E-state index in [9.17, 15) is 0 Å². The molecule has 1 aromatic carbocycles. The third-order valence-electron chi connectivity index (χ3n) is 3.82. The quantitative estimate of drug-likeness (QED) is 0.880. The molecule has 1 saturated heterocycles. The average Bonchev–Trinajstić information content (AvgIpc) is 2.98. The molecule has 3 nitrogen and oxygen atoms in total. The van der Waals surface area contributed by atoms with E-state index >= 15 is 0 Å². The molecule has 2 aromatic rings. The van der Waals surface area contributed by atoms with Gasteiger partial charge in [0, 0.05) is 19.0 Å². The average molecular weight is 283 g/mol. The van der Waals surface area contributed by atoms with E-state index in [0.29, 0.717) is 16.6 Å². The standard InChI is InChI=1S/C16H17N3S/c17-16(20)15-7-6-14(10-18-15)19-9-8-13(11-19)12-4-2-1-3-5-12/h1-7,10,13H,8-9,11H2,(H2,17,20). The number of pyridine rings is 1. The van der Waals surface area contributed by atoms with Crippen LogP contribution in [-0.2, 0) is 0 Å². The van der Waals surface area contributed by atoms with Crippen LogP contribution >= 0.6 is 12.2 Å². The highest BCUT2D eigenvalue weighted by Gasteiger charge is 2.24. The lowest BCUT2D eigenvalue weighted by Gasteiger charge is -2.18. The number of thiocarbonyl (C=S) groups is 1. The molecule has 4 heteroatoms. The van der Waals surface area contributed by atoms with Gasteiger partial charge in [-0.3, -0.25) is 4.98 Å². The maximum Gasteiger partial charge on any atom is 0.122 e. The monoisotopic (exact) mass is 283 g/mol. The number of hydrogen-bond donors (Lipinski definition) is 1. The summed E-state index contributed by atoms with van der Waals surface area (Å²) in [5.74, 6) is 0.603. The first-order valence-corrected chi connectivity index (χ1v) is 7.20. The third kappa shape index (κ3) is 2.65. The Balaban J connectivity index is 1.72. The van der Waals surface area contributed by atoms with Gasteiger partial charge in [-0.2, -0.15) is 0 Å². The largest absolute Gasteiger partial charge is 0.388 e. The lowest BCUT2D eigenvalue weighted by molar-refractivity contribution is 0.775. The number of aromatic nitrogens is 1. The van der Waals surface area contributed by atoms with E-state index in [-0.39, 0.29) is 0 Å². The lowest BCUT2D eigenvalue weighted by Crippen LogP contribution is -2.20. The molecule has 20 heavy (non-hydrogen) atoms. The fourth-order valence-electron chi connectivity index (χ4n) is 2.71. The predicted molar refractivity (Wildman–Crippen MR) is 86.1 cm³/mol. The highest BCUT2D eigenvalue weighted by molar-refractivity contribution is 7.80. The van der Waals surface area contributed by atoms with Gasteiger partial charge in [-0.05, 0) is 24.1 Å². The van der Waals surface area contributed by atoms with Gasteiger partial charge < -0.3 is 10.6 Å². The Kier molecular flexibility index (Phi) is 3.65. The molecule has 1 atom stereocenters. The molecule has 1 aromatic heterocycles. The first-order valence-electron chi connectivity index (χ1n) is 6.80. The third-order valence-corrected chi connectivity index (χ3v) is 4.03. The first-order chi connectivity index (χ1) is 9.74. The topological polar surface area (TPSA) is 42.1 Å². The summed E-state index contributed by atoms with van der Waals surface area (Å²) in [5, 5.41) is 0. The molecule has 1 aliphatic heterocycles. The molecule has 2 N–H and O–H groups in total. The van der Waals surface area contributed by atoms with Gasteiger partial charge in [-0.1, -0.05) is 42.5 Å². The van der Waals surface area contributed by atoms with Crippen LogP contribution in [0.25, 0.3) is 0 Å². The molecule has 0 radical (unpaired) electrons. The van der Waals surface area contributed by atoms with Crippen molar-refractivity contribution < 1.29 is 0 Å². The summed E-state index contributed by atoms with van der Waals surface area (Å²) >= 11 is 4.92. The molecule has 0 amide bonds. The van der Waals surface area contributed by atoms with Gasteiger partial charge in [-0.25, -0.2) is 0 Å². The van der Waals surface area contributed by atoms with Crippen LogP contribution in [0.15, 0.2) is 48.7 Å². The van der Waals surface area contributed by atoms with E-state index in [0.717, 1.165) is 18.8 Å². The van der Waals surface area contributed by atoms with Gasteiger partial charge in [-0.15, -0.1) is 0 Å². The van der Waals surface area contributed by atoms with Crippen molar-refractivity contribution in [2.45, 2.75) is 12.3 Å². The maximum atomic E-state index is 5.57. The molecular weight excluding hydrogens is 266 g/mol. The smallest absolute Gasteiger partial charge is 0.122 e. The van der Waals surface area contributed by atoms with Crippen LogP contribution in [0.4, 0.5) is 5.69 Å². The molecule has 3 rings (SSSR count). The molecule has 0 aliphatic carbocycles. The summed E-state index contributed by atoms with van der Waals surface area (Å²) < 4.78 is 0. The van der Waals surface area contributed by atoms with Crippen molar-refractivity contribution in [2.24, 2.45) is 5.73 Å². The molecule has 1 aliphatic rings. The summed E-state index contributed by atoms with van der Waals surface area (Å²) in [6.45, 7) is 2.10. The van der Waals surface area contributed by atoms with E-state index in [1.807, 2.05) is 12.3 Å². The minimum absolute atomic E-state index is 0.347. The first kappa shape index (κ1) is 13.1. The van der Waals surface area contributed by atoms with Crippen molar-refractivity contribution in [3.63, 3.8) is 0 Å². The van der Waals surface area contributed by atoms with Crippen LogP contribution in [-0.4, -0.2) is 23.1 Å². The minimum atomic E-state index is 0.347. The van der Waals surface area contributed by atoms with Crippen molar-refractivity contribution in [1.29, 1.82) is 0 Å². The summed E-state index contributed by atoms with van der Waals surface area (Å²) in [6.07, 6.45) is 3.04. The zero-order valence-electron chi connectivity index (χ0n) is 11.2. The normalized spacial score (nSPS) is 18.2. The van der Waals surface area contributed by atoms with Gasteiger partial charge in [0.2, 0.25) is 0 Å². The SMILES string of the molecule is NC(=S)c1ccc(N2CCC(c3ccccc3)C2)cn1. The number of nitrogens with two attached hydrogens (primary N) is 1. The number of nitrogens with zero attached hydrogens (tertiary/aromatic N) is 2. The zero-order valence-corrected chi connectivity index (χ0v) is 12.0. The van der Waals surface area contributed by atoms with Crippen molar-refractivity contribution in [3.05, 3.63) is 59.9 Å². The van der Waals surface area contributed by atoms with Crippen LogP contribution in [0.2, 0.25) is 0 Å². The minimum Gasteiger partial charge on any atom is -0.388 e. The van der Waals surface area contributed by atoms with Gasteiger partial charge in [0.15, 0.2) is 0 Å². The van der Waals surface area contributed by atoms with Crippen LogP contribution in [0, 0.1) is 0 Å². The fraction of sp³-hybridized carbons (Fsp3) is 0.250. The second kappa shape index (κ2) is 5.59. The fourth-order valence-corrected chi connectivity index (χ4v) is 2.83. The highest BCUT2D eigenvalue weighted by Crippen LogP contribution is 2.30. The molecule has 2 heterocycles. The molecule has 0 bridgehead atoms. The Morgan fingerprint density at radius 1 is 1.20 bits per heavy atom. The number of anilines is 1.